The summed E-state index contributed by atoms with van der Waals surface area (Å²) in [6.45, 7) is 8.23. The number of nitrogens with zero attached hydrogens (tertiary/aromatic N) is 2. The van der Waals surface area contributed by atoms with Gasteiger partial charge < -0.3 is 9.47 Å². The van der Waals surface area contributed by atoms with Crippen molar-refractivity contribution in [1.82, 2.24) is 9.47 Å². The molecule has 0 saturated carbocycles. The van der Waals surface area contributed by atoms with Gasteiger partial charge in [-0.2, -0.15) is 0 Å². The number of piperidine rings is 1. The third-order valence-corrected chi connectivity index (χ3v) is 4.71. The molecule has 1 aliphatic rings. The zero-order valence-electron chi connectivity index (χ0n) is 13.7. The lowest BCUT2D eigenvalue weighted by molar-refractivity contribution is 0.0697. The fraction of sp³-hybridized carbons (Fsp3) is 0.421. The molecule has 0 unspecified atom stereocenters. The maximum atomic E-state index is 12.6. The Morgan fingerprint density at radius 2 is 1.50 bits per heavy atom. The Morgan fingerprint density at radius 1 is 0.955 bits per heavy atom. The van der Waals surface area contributed by atoms with E-state index in [1.165, 1.54) is 11.4 Å². The summed E-state index contributed by atoms with van der Waals surface area (Å²) in [5.74, 6) is 0.908. The van der Waals surface area contributed by atoms with Crippen molar-refractivity contribution in [3.8, 4) is 5.69 Å². The molecule has 116 valence electrons. The minimum absolute atomic E-state index is 0.166. The molecule has 0 aliphatic carbocycles. The smallest absolute Gasteiger partial charge is 0.253 e. The van der Waals surface area contributed by atoms with Gasteiger partial charge in [0.1, 0.15) is 0 Å². The van der Waals surface area contributed by atoms with Gasteiger partial charge in [-0.25, -0.2) is 0 Å². The van der Waals surface area contributed by atoms with Crippen molar-refractivity contribution in [1.29, 1.82) is 0 Å². The molecule has 22 heavy (non-hydrogen) atoms. The molecule has 2 heterocycles. The van der Waals surface area contributed by atoms with Crippen LogP contribution in [-0.4, -0.2) is 28.5 Å². The van der Waals surface area contributed by atoms with Gasteiger partial charge in [0, 0.05) is 35.7 Å². The minimum Gasteiger partial charge on any atom is -0.339 e. The van der Waals surface area contributed by atoms with Gasteiger partial charge in [-0.1, -0.05) is 6.92 Å². The second kappa shape index (κ2) is 5.99. The van der Waals surface area contributed by atoms with Gasteiger partial charge in [0.25, 0.3) is 5.91 Å². The molecular weight excluding hydrogens is 272 g/mol. The molecule has 1 aliphatic heterocycles. The van der Waals surface area contributed by atoms with Crippen molar-refractivity contribution in [2.75, 3.05) is 13.1 Å². The number of aryl methyl sites for hydroxylation is 2. The quantitative estimate of drug-likeness (QED) is 0.823. The van der Waals surface area contributed by atoms with Crippen molar-refractivity contribution < 1.29 is 4.79 Å². The molecule has 2 aromatic rings. The molecule has 1 fully saturated rings. The summed E-state index contributed by atoms with van der Waals surface area (Å²) in [5.41, 5.74) is 4.33. The molecule has 3 nitrogen and oxygen atoms in total. The topological polar surface area (TPSA) is 25.2 Å². The second-order valence-corrected chi connectivity index (χ2v) is 6.47. The summed E-state index contributed by atoms with van der Waals surface area (Å²) in [5, 5.41) is 0. The van der Waals surface area contributed by atoms with Gasteiger partial charge >= 0.3 is 0 Å². The molecule has 1 saturated heterocycles. The van der Waals surface area contributed by atoms with E-state index >= 15 is 0 Å². The first-order valence-corrected chi connectivity index (χ1v) is 8.11. The predicted molar refractivity (Wildman–Crippen MR) is 89.5 cm³/mol. The molecule has 0 radical (unpaired) electrons. The summed E-state index contributed by atoms with van der Waals surface area (Å²) in [6.07, 6.45) is 2.23. The van der Waals surface area contributed by atoms with E-state index in [0.717, 1.165) is 43.1 Å². The van der Waals surface area contributed by atoms with Gasteiger partial charge in [-0.05, 0) is 69.0 Å². The third kappa shape index (κ3) is 2.80. The summed E-state index contributed by atoms with van der Waals surface area (Å²) in [6, 6.07) is 12.2. The lowest BCUT2D eigenvalue weighted by Crippen LogP contribution is -2.37. The van der Waals surface area contributed by atoms with Gasteiger partial charge in [0.2, 0.25) is 0 Å². The van der Waals surface area contributed by atoms with E-state index in [1.54, 1.807) is 0 Å². The second-order valence-electron chi connectivity index (χ2n) is 6.47. The van der Waals surface area contributed by atoms with Gasteiger partial charge in [0.15, 0.2) is 0 Å². The lowest BCUT2D eigenvalue weighted by atomic mass is 9.98. The standard InChI is InChI=1S/C19H24N2O/c1-14-10-12-20(13-11-14)19(22)17-6-8-18(9-7-17)21-15(2)4-5-16(21)3/h4-9,14H,10-13H2,1-3H3. The lowest BCUT2D eigenvalue weighted by Gasteiger charge is -2.30. The Morgan fingerprint density at radius 3 is 2.05 bits per heavy atom. The van der Waals surface area contributed by atoms with E-state index in [2.05, 4.69) is 37.5 Å². The summed E-state index contributed by atoms with van der Waals surface area (Å²) in [4.78, 5) is 14.5. The van der Waals surface area contributed by atoms with E-state index in [-0.39, 0.29) is 5.91 Å². The molecule has 0 spiro atoms. The Labute approximate surface area is 132 Å². The average Bonchev–Trinajstić information content (AvgIpc) is 2.86. The zero-order chi connectivity index (χ0) is 15.7. The Hall–Kier alpha value is -2.03. The number of likely N-dealkylation sites (tertiary alicyclic amines) is 1. The van der Waals surface area contributed by atoms with E-state index in [0.29, 0.717) is 0 Å². The summed E-state index contributed by atoms with van der Waals surface area (Å²) in [7, 11) is 0. The molecule has 0 bridgehead atoms. The highest BCUT2D eigenvalue weighted by molar-refractivity contribution is 5.94. The maximum Gasteiger partial charge on any atom is 0.253 e. The van der Waals surface area contributed by atoms with Crippen LogP contribution in [0.5, 0.6) is 0 Å². The van der Waals surface area contributed by atoms with Crippen LogP contribution in [0.25, 0.3) is 5.69 Å². The number of rotatable bonds is 2. The first kappa shape index (κ1) is 14.9. The first-order valence-electron chi connectivity index (χ1n) is 8.11. The molecule has 3 rings (SSSR count). The third-order valence-electron chi connectivity index (χ3n) is 4.71. The van der Waals surface area contributed by atoms with Crippen LogP contribution in [0, 0.1) is 19.8 Å². The monoisotopic (exact) mass is 296 g/mol. The molecule has 3 heteroatoms. The number of amides is 1. The number of hydrogen-bond acceptors (Lipinski definition) is 1. The van der Waals surface area contributed by atoms with Gasteiger partial charge in [0.05, 0.1) is 0 Å². The molecule has 1 aromatic carbocycles. The predicted octanol–water partition coefficient (Wildman–Crippen LogP) is 3.97. The highest BCUT2D eigenvalue weighted by Crippen LogP contribution is 2.20. The Balaban J connectivity index is 1.78. The summed E-state index contributed by atoms with van der Waals surface area (Å²) >= 11 is 0. The van der Waals surface area contributed by atoms with Gasteiger partial charge in [-0.3, -0.25) is 4.79 Å². The SMILES string of the molecule is Cc1ccc(C)n1-c1ccc(C(=O)N2CCC(C)CC2)cc1. The number of carbonyl (C=O) groups excluding carboxylic acids is 1. The van der Waals surface area contributed by atoms with Crippen LogP contribution in [0.15, 0.2) is 36.4 Å². The number of hydrogen-bond donors (Lipinski definition) is 0. The fourth-order valence-electron chi connectivity index (χ4n) is 3.22. The van der Waals surface area contributed by atoms with Crippen LogP contribution in [0.3, 0.4) is 0 Å². The molecule has 0 N–H and O–H groups in total. The first-order chi connectivity index (χ1) is 10.6. The van der Waals surface area contributed by atoms with Crippen molar-refractivity contribution in [3.05, 3.63) is 53.3 Å². The van der Waals surface area contributed by atoms with Crippen LogP contribution in [0.4, 0.5) is 0 Å². The Kier molecular flexibility index (Phi) is 4.06. The highest BCUT2D eigenvalue weighted by Gasteiger charge is 2.21. The molecular formula is C19H24N2O. The Bertz CT molecular complexity index is 642. The molecule has 1 aromatic heterocycles. The summed E-state index contributed by atoms with van der Waals surface area (Å²) < 4.78 is 2.21. The van der Waals surface area contributed by atoms with Crippen LogP contribution in [0.2, 0.25) is 0 Å². The number of aromatic nitrogens is 1. The fourth-order valence-corrected chi connectivity index (χ4v) is 3.22. The van der Waals surface area contributed by atoms with Crippen LogP contribution in [-0.2, 0) is 0 Å². The molecule has 1 amide bonds. The van der Waals surface area contributed by atoms with Crippen molar-refractivity contribution >= 4 is 5.91 Å². The van der Waals surface area contributed by atoms with E-state index in [4.69, 9.17) is 0 Å². The normalized spacial score (nSPS) is 16.0. The van der Waals surface area contributed by atoms with Crippen molar-refractivity contribution in [3.63, 3.8) is 0 Å². The van der Waals surface area contributed by atoms with E-state index < -0.39 is 0 Å². The number of carbonyl (C=O) groups is 1. The number of benzene rings is 1. The van der Waals surface area contributed by atoms with Crippen molar-refractivity contribution in [2.45, 2.75) is 33.6 Å². The van der Waals surface area contributed by atoms with Crippen LogP contribution >= 0.6 is 0 Å². The van der Waals surface area contributed by atoms with Crippen molar-refractivity contribution in [2.24, 2.45) is 5.92 Å². The maximum absolute atomic E-state index is 12.6. The highest BCUT2D eigenvalue weighted by atomic mass is 16.2. The van der Waals surface area contributed by atoms with Crippen LogP contribution < -0.4 is 0 Å². The molecule has 0 atom stereocenters. The van der Waals surface area contributed by atoms with Gasteiger partial charge in [-0.15, -0.1) is 0 Å². The average molecular weight is 296 g/mol. The van der Waals surface area contributed by atoms with E-state index in [1.807, 2.05) is 29.2 Å². The minimum atomic E-state index is 0.166. The van der Waals surface area contributed by atoms with E-state index in [9.17, 15) is 4.79 Å². The van der Waals surface area contributed by atoms with Crippen LogP contribution in [0.1, 0.15) is 41.5 Å². The zero-order valence-corrected chi connectivity index (χ0v) is 13.7. The largest absolute Gasteiger partial charge is 0.339 e.